The van der Waals surface area contributed by atoms with Crippen LogP contribution in [-0.2, 0) is 9.84 Å². The topological polar surface area (TPSA) is 60.2 Å². The Morgan fingerprint density at radius 2 is 1.81 bits per heavy atom. The van der Waals surface area contributed by atoms with Crippen molar-refractivity contribution in [1.29, 1.82) is 0 Å². The van der Waals surface area contributed by atoms with E-state index in [4.69, 9.17) is 5.73 Å². The third-order valence-corrected chi connectivity index (χ3v) is 4.72. The van der Waals surface area contributed by atoms with Gasteiger partial charge in [-0.25, -0.2) is 8.42 Å². The summed E-state index contributed by atoms with van der Waals surface area (Å²) in [6.07, 6.45) is 0. The second-order valence-corrected chi connectivity index (χ2v) is 7.50. The lowest BCUT2D eigenvalue weighted by molar-refractivity contribution is 0.596. The zero-order valence-corrected chi connectivity index (χ0v) is 11.1. The summed E-state index contributed by atoms with van der Waals surface area (Å²) in [5.74, 6) is 0.00364. The van der Waals surface area contributed by atoms with Crippen molar-refractivity contribution >= 4 is 21.6 Å². The first kappa shape index (κ1) is 13.5. The number of rotatable bonds is 5. The number of hydrogen-bond acceptors (Lipinski definition) is 4. The molecule has 16 heavy (non-hydrogen) atoms. The summed E-state index contributed by atoms with van der Waals surface area (Å²) in [4.78, 5) is 1.44. The highest BCUT2D eigenvalue weighted by Gasteiger charge is 2.12. The van der Waals surface area contributed by atoms with E-state index >= 15 is 0 Å². The smallest absolute Gasteiger partial charge is 0.179 e. The Balaban J connectivity index is 2.87. The molecule has 0 aliphatic heterocycles. The molecule has 0 saturated heterocycles. The van der Waals surface area contributed by atoms with E-state index in [1.165, 1.54) is 0 Å². The van der Waals surface area contributed by atoms with Crippen molar-refractivity contribution in [1.82, 2.24) is 0 Å². The lowest BCUT2D eigenvalue weighted by Crippen LogP contribution is -2.15. The molecule has 0 aromatic heterocycles. The maximum absolute atomic E-state index is 11.7. The average Bonchev–Trinajstić information content (AvgIpc) is 2.17. The van der Waals surface area contributed by atoms with Crippen LogP contribution in [0.5, 0.6) is 0 Å². The van der Waals surface area contributed by atoms with E-state index in [-0.39, 0.29) is 12.3 Å². The van der Waals surface area contributed by atoms with Crippen LogP contribution in [0.2, 0.25) is 0 Å². The standard InChI is InChI=1S/C11H17NO2S2/c1-9(2)15-10-3-5-11(6-4-10)16(13,14)8-7-12/h3-6,9H,7-8,12H2,1-2H3. The van der Waals surface area contributed by atoms with Gasteiger partial charge in [-0.15, -0.1) is 11.8 Å². The minimum absolute atomic E-state index is 0.00364. The zero-order valence-electron chi connectivity index (χ0n) is 9.51. The van der Waals surface area contributed by atoms with E-state index < -0.39 is 9.84 Å². The lowest BCUT2D eigenvalue weighted by atomic mass is 10.4. The number of sulfone groups is 1. The normalized spacial score (nSPS) is 12.0. The number of nitrogens with two attached hydrogens (primary N) is 1. The maximum Gasteiger partial charge on any atom is 0.179 e. The summed E-state index contributed by atoms with van der Waals surface area (Å²) < 4.78 is 23.4. The van der Waals surface area contributed by atoms with Gasteiger partial charge < -0.3 is 5.73 Å². The van der Waals surface area contributed by atoms with Crippen LogP contribution < -0.4 is 5.73 Å². The monoisotopic (exact) mass is 259 g/mol. The van der Waals surface area contributed by atoms with E-state index in [1.807, 2.05) is 12.1 Å². The van der Waals surface area contributed by atoms with Crippen LogP contribution in [-0.4, -0.2) is 26.0 Å². The fourth-order valence-electron chi connectivity index (χ4n) is 1.27. The van der Waals surface area contributed by atoms with Crippen LogP contribution in [0.3, 0.4) is 0 Å². The molecule has 0 saturated carbocycles. The summed E-state index contributed by atoms with van der Waals surface area (Å²) >= 11 is 1.71. The molecule has 5 heteroatoms. The molecule has 0 aliphatic rings. The Kier molecular flexibility index (Phi) is 4.83. The quantitative estimate of drug-likeness (QED) is 0.821. The van der Waals surface area contributed by atoms with Crippen LogP contribution in [0, 0.1) is 0 Å². The Morgan fingerprint density at radius 3 is 2.25 bits per heavy atom. The summed E-state index contributed by atoms with van der Waals surface area (Å²) in [5, 5.41) is 0.492. The van der Waals surface area contributed by atoms with Gasteiger partial charge in [-0.1, -0.05) is 13.8 Å². The lowest BCUT2D eigenvalue weighted by Gasteiger charge is -2.06. The Morgan fingerprint density at radius 1 is 1.25 bits per heavy atom. The molecular weight excluding hydrogens is 242 g/mol. The van der Waals surface area contributed by atoms with Crippen LogP contribution >= 0.6 is 11.8 Å². The molecule has 2 N–H and O–H groups in total. The van der Waals surface area contributed by atoms with Crippen LogP contribution in [0.4, 0.5) is 0 Å². The predicted molar refractivity (Wildman–Crippen MR) is 68.5 cm³/mol. The molecule has 0 spiro atoms. The van der Waals surface area contributed by atoms with Crippen molar-refractivity contribution in [2.75, 3.05) is 12.3 Å². The number of thioether (sulfide) groups is 1. The van der Waals surface area contributed by atoms with Crippen molar-refractivity contribution in [2.24, 2.45) is 5.73 Å². The molecule has 0 bridgehead atoms. The Bertz CT molecular complexity index is 424. The second-order valence-electron chi connectivity index (χ2n) is 3.75. The minimum atomic E-state index is -3.19. The SMILES string of the molecule is CC(C)Sc1ccc(S(=O)(=O)CCN)cc1. The average molecular weight is 259 g/mol. The summed E-state index contributed by atoms with van der Waals surface area (Å²) in [7, 11) is -3.19. The molecule has 0 atom stereocenters. The van der Waals surface area contributed by atoms with E-state index in [0.717, 1.165) is 4.90 Å². The molecule has 3 nitrogen and oxygen atoms in total. The molecule has 0 fully saturated rings. The van der Waals surface area contributed by atoms with Crippen molar-refractivity contribution < 1.29 is 8.42 Å². The molecule has 0 aliphatic carbocycles. The molecule has 1 aromatic carbocycles. The summed E-state index contributed by atoms with van der Waals surface area (Å²) in [5.41, 5.74) is 5.26. The molecular formula is C11H17NO2S2. The summed E-state index contributed by atoms with van der Waals surface area (Å²) in [6, 6.07) is 6.98. The Hall–Kier alpha value is -0.520. The largest absolute Gasteiger partial charge is 0.329 e. The van der Waals surface area contributed by atoms with Gasteiger partial charge >= 0.3 is 0 Å². The Labute approximate surface area is 101 Å². The zero-order chi connectivity index (χ0) is 12.2. The highest BCUT2D eigenvalue weighted by molar-refractivity contribution is 7.99. The maximum atomic E-state index is 11.7. The first-order chi connectivity index (χ1) is 7.45. The molecule has 0 radical (unpaired) electrons. The highest BCUT2D eigenvalue weighted by atomic mass is 32.2. The third-order valence-electron chi connectivity index (χ3n) is 1.94. The highest BCUT2D eigenvalue weighted by Crippen LogP contribution is 2.24. The summed E-state index contributed by atoms with van der Waals surface area (Å²) in [6.45, 7) is 4.36. The van der Waals surface area contributed by atoms with Gasteiger partial charge in [0.25, 0.3) is 0 Å². The van der Waals surface area contributed by atoms with E-state index in [0.29, 0.717) is 10.1 Å². The third kappa shape index (κ3) is 3.81. The fourth-order valence-corrected chi connectivity index (χ4v) is 3.21. The minimum Gasteiger partial charge on any atom is -0.329 e. The van der Waals surface area contributed by atoms with E-state index in [9.17, 15) is 8.42 Å². The van der Waals surface area contributed by atoms with E-state index in [2.05, 4.69) is 13.8 Å². The van der Waals surface area contributed by atoms with Gasteiger partial charge in [0.1, 0.15) is 0 Å². The molecule has 0 amide bonds. The van der Waals surface area contributed by atoms with Crippen LogP contribution in [0.15, 0.2) is 34.1 Å². The predicted octanol–water partition coefficient (Wildman–Crippen LogP) is 1.92. The van der Waals surface area contributed by atoms with Gasteiger partial charge in [-0.05, 0) is 24.3 Å². The molecule has 90 valence electrons. The number of hydrogen-bond donors (Lipinski definition) is 1. The van der Waals surface area contributed by atoms with Gasteiger partial charge in [0.2, 0.25) is 0 Å². The van der Waals surface area contributed by atoms with Gasteiger partial charge in [0, 0.05) is 16.7 Å². The molecule has 0 heterocycles. The van der Waals surface area contributed by atoms with Gasteiger partial charge in [-0.3, -0.25) is 0 Å². The molecule has 1 rings (SSSR count). The van der Waals surface area contributed by atoms with Gasteiger partial charge in [0.05, 0.1) is 10.6 Å². The molecule has 0 unspecified atom stereocenters. The van der Waals surface area contributed by atoms with Gasteiger partial charge in [-0.2, -0.15) is 0 Å². The van der Waals surface area contributed by atoms with Crippen molar-refractivity contribution in [3.63, 3.8) is 0 Å². The first-order valence-electron chi connectivity index (χ1n) is 5.15. The van der Waals surface area contributed by atoms with Crippen LogP contribution in [0.1, 0.15) is 13.8 Å². The van der Waals surface area contributed by atoms with Gasteiger partial charge in [0.15, 0.2) is 9.84 Å². The molecule has 1 aromatic rings. The van der Waals surface area contributed by atoms with E-state index in [1.54, 1.807) is 23.9 Å². The van der Waals surface area contributed by atoms with Crippen molar-refractivity contribution in [3.05, 3.63) is 24.3 Å². The first-order valence-corrected chi connectivity index (χ1v) is 7.68. The van der Waals surface area contributed by atoms with Crippen LogP contribution in [0.25, 0.3) is 0 Å². The van der Waals surface area contributed by atoms with Crippen molar-refractivity contribution in [2.45, 2.75) is 28.9 Å². The second kappa shape index (κ2) is 5.70. The number of benzene rings is 1. The van der Waals surface area contributed by atoms with Crippen molar-refractivity contribution in [3.8, 4) is 0 Å². The fraction of sp³-hybridized carbons (Fsp3) is 0.455.